The van der Waals surface area contributed by atoms with E-state index in [0.29, 0.717) is 5.75 Å². The summed E-state index contributed by atoms with van der Waals surface area (Å²) in [5, 5.41) is 3.10. The molecule has 0 radical (unpaired) electrons. The van der Waals surface area contributed by atoms with Crippen molar-refractivity contribution in [2.75, 3.05) is 20.4 Å². The molecule has 0 amide bonds. The van der Waals surface area contributed by atoms with Gasteiger partial charge in [0.1, 0.15) is 0 Å². The molecule has 1 saturated carbocycles. The van der Waals surface area contributed by atoms with Crippen LogP contribution in [0.25, 0.3) is 0 Å². The molecule has 2 aliphatic rings. The zero-order valence-electron chi connectivity index (χ0n) is 9.79. The summed E-state index contributed by atoms with van der Waals surface area (Å²) in [4.78, 5) is 12.4. The van der Waals surface area contributed by atoms with E-state index in [4.69, 9.17) is 9.47 Å². The van der Waals surface area contributed by atoms with Crippen LogP contribution in [0.4, 0.5) is 0 Å². The standard InChI is InChI=1S/C13H15NO3/c1-14-7-13(4-5-13)12(15)9-2-3-10-11(6-9)17-8-16-10/h2-3,6,14H,4-5,7-8H2,1H3. The molecule has 0 atom stereocenters. The van der Waals surface area contributed by atoms with Gasteiger partial charge >= 0.3 is 0 Å². The van der Waals surface area contributed by atoms with Crippen LogP contribution in [0, 0.1) is 5.41 Å². The van der Waals surface area contributed by atoms with Crippen LogP contribution in [-0.4, -0.2) is 26.2 Å². The first-order valence-electron chi connectivity index (χ1n) is 5.84. The minimum Gasteiger partial charge on any atom is -0.454 e. The number of fused-ring (bicyclic) bond motifs is 1. The lowest BCUT2D eigenvalue weighted by atomic mass is 9.94. The van der Waals surface area contributed by atoms with E-state index in [1.807, 2.05) is 19.2 Å². The molecule has 1 heterocycles. The zero-order valence-corrected chi connectivity index (χ0v) is 9.79. The average molecular weight is 233 g/mol. The van der Waals surface area contributed by atoms with E-state index in [9.17, 15) is 4.79 Å². The van der Waals surface area contributed by atoms with Crippen molar-refractivity contribution < 1.29 is 14.3 Å². The molecule has 1 aliphatic carbocycles. The molecule has 0 unspecified atom stereocenters. The number of rotatable bonds is 4. The smallest absolute Gasteiger partial charge is 0.231 e. The first kappa shape index (κ1) is 10.6. The quantitative estimate of drug-likeness (QED) is 0.802. The third kappa shape index (κ3) is 1.69. The second-order valence-corrected chi connectivity index (χ2v) is 4.71. The zero-order chi connectivity index (χ0) is 11.9. The summed E-state index contributed by atoms with van der Waals surface area (Å²) >= 11 is 0. The van der Waals surface area contributed by atoms with E-state index >= 15 is 0 Å². The van der Waals surface area contributed by atoms with E-state index in [1.54, 1.807) is 6.07 Å². The lowest BCUT2D eigenvalue weighted by Gasteiger charge is -2.13. The van der Waals surface area contributed by atoms with Gasteiger partial charge in [0.25, 0.3) is 0 Å². The minimum atomic E-state index is -0.178. The molecule has 0 spiro atoms. The van der Waals surface area contributed by atoms with Gasteiger partial charge in [-0.1, -0.05) is 0 Å². The molecular weight excluding hydrogens is 218 g/mol. The van der Waals surface area contributed by atoms with Gasteiger partial charge in [-0.2, -0.15) is 0 Å². The van der Waals surface area contributed by atoms with E-state index < -0.39 is 0 Å². The summed E-state index contributed by atoms with van der Waals surface area (Å²) in [7, 11) is 1.88. The van der Waals surface area contributed by atoms with Crippen molar-refractivity contribution in [1.82, 2.24) is 5.32 Å². The van der Waals surface area contributed by atoms with Crippen LogP contribution in [0.15, 0.2) is 18.2 Å². The van der Waals surface area contributed by atoms with Crippen molar-refractivity contribution in [3.05, 3.63) is 23.8 Å². The number of carbonyl (C=O) groups is 1. The van der Waals surface area contributed by atoms with E-state index in [-0.39, 0.29) is 18.0 Å². The van der Waals surface area contributed by atoms with Gasteiger partial charge in [0.15, 0.2) is 17.3 Å². The fraction of sp³-hybridized carbons (Fsp3) is 0.462. The first-order valence-corrected chi connectivity index (χ1v) is 5.84. The topological polar surface area (TPSA) is 47.6 Å². The van der Waals surface area contributed by atoms with Gasteiger partial charge in [-0.25, -0.2) is 0 Å². The number of hydrogen-bond donors (Lipinski definition) is 1. The third-order valence-electron chi connectivity index (χ3n) is 3.49. The number of ether oxygens (including phenoxy) is 2. The fourth-order valence-electron chi connectivity index (χ4n) is 2.32. The van der Waals surface area contributed by atoms with Crippen molar-refractivity contribution in [1.29, 1.82) is 0 Å². The molecule has 4 nitrogen and oxygen atoms in total. The highest BCUT2D eigenvalue weighted by molar-refractivity contribution is 6.03. The van der Waals surface area contributed by atoms with E-state index in [2.05, 4.69) is 5.32 Å². The van der Waals surface area contributed by atoms with Crippen molar-refractivity contribution in [3.63, 3.8) is 0 Å². The predicted octanol–water partition coefficient (Wildman–Crippen LogP) is 1.60. The molecule has 4 heteroatoms. The molecule has 1 fully saturated rings. The molecule has 90 valence electrons. The third-order valence-corrected chi connectivity index (χ3v) is 3.49. The van der Waals surface area contributed by atoms with E-state index in [1.165, 1.54) is 0 Å². The average Bonchev–Trinajstić information content (AvgIpc) is 2.97. The Bertz CT molecular complexity index is 466. The summed E-state index contributed by atoms with van der Waals surface area (Å²) < 4.78 is 10.5. The molecule has 3 rings (SSSR count). The lowest BCUT2D eigenvalue weighted by molar-refractivity contribution is 0.0900. The molecule has 0 aromatic heterocycles. The van der Waals surface area contributed by atoms with Gasteiger partial charge in [-0.3, -0.25) is 4.79 Å². The van der Waals surface area contributed by atoms with Gasteiger partial charge in [0.2, 0.25) is 6.79 Å². The van der Waals surface area contributed by atoms with Gasteiger partial charge in [-0.05, 0) is 38.1 Å². The fourth-order valence-corrected chi connectivity index (χ4v) is 2.32. The van der Waals surface area contributed by atoms with Crippen molar-refractivity contribution in [2.24, 2.45) is 5.41 Å². The molecule has 0 bridgehead atoms. The minimum absolute atomic E-state index is 0.178. The SMILES string of the molecule is CNCC1(C(=O)c2ccc3c(c2)OCO3)CC1. The Morgan fingerprint density at radius 3 is 2.82 bits per heavy atom. The highest BCUT2D eigenvalue weighted by Gasteiger charge is 2.49. The Balaban J connectivity index is 1.87. The van der Waals surface area contributed by atoms with Gasteiger partial charge in [0.05, 0.1) is 0 Å². The van der Waals surface area contributed by atoms with Crippen LogP contribution in [0.3, 0.4) is 0 Å². The number of carbonyl (C=O) groups excluding carboxylic acids is 1. The summed E-state index contributed by atoms with van der Waals surface area (Å²) in [6.07, 6.45) is 1.95. The van der Waals surface area contributed by atoms with Crippen LogP contribution in [0.5, 0.6) is 11.5 Å². The Kier molecular flexibility index (Phi) is 2.33. The molecule has 1 aliphatic heterocycles. The maximum atomic E-state index is 12.4. The van der Waals surface area contributed by atoms with Crippen LogP contribution < -0.4 is 14.8 Å². The number of Topliss-reactive ketones (excluding diaryl/α,β-unsaturated/α-hetero) is 1. The molecule has 1 N–H and O–H groups in total. The monoisotopic (exact) mass is 233 g/mol. The Morgan fingerprint density at radius 1 is 1.35 bits per heavy atom. The summed E-state index contributed by atoms with van der Waals surface area (Å²) in [5.74, 6) is 1.61. The molecule has 0 saturated heterocycles. The number of benzene rings is 1. The van der Waals surface area contributed by atoms with Crippen LogP contribution in [0.2, 0.25) is 0 Å². The molecular formula is C13H15NO3. The van der Waals surface area contributed by atoms with E-state index in [0.717, 1.165) is 30.7 Å². The van der Waals surface area contributed by atoms with Crippen molar-refractivity contribution in [2.45, 2.75) is 12.8 Å². The number of nitrogens with one attached hydrogen (secondary N) is 1. The normalized spacial score (nSPS) is 19.1. The summed E-state index contributed by atoms with van der Waals surface area (Å²) in [6.45, 7) is 0.995. The highest BCUT2D eigenvalue weighted by atomic mass is 16.7. The Labute approximate surface area is 99.9 Å². The highest BCUT2D eigenvalue weighted by Crippen LogP contribution is 2.48. The van der Waals surface area contributed by atoms with Crippen molar-refractivity contribution in [3.8, 4) is 11.5 Å². The molecule has 17 heavy (non-hydrogen) atoms. The van der Waals surface area contributed by atoms with Crippen LogP contribution >= 0.6 is 0 Å². The summed E-state index contributed by atoms with van der Waals surface area (Å²) in [5.41, 5.74) is 0.546. The Morgan fingerprint density at radius 2 is 2.12 bits per heavy atom. The van der Waals surface area contributed by atoms with Gasteiger partial charge < -0.3 is 14.8 Å². The number of hydrogen-bond acceptors (Lipinski definition) is 4. The van der Waals surface area contributed by atoms with Gasteiger partial charge in [-0.15, -0.1) is 0 Å². The van der Waals surface area contributed by atoms with Crippen LogP contribution in [-0.2, 0) is 0 Å². The molecule has 1 aromatic rings. The number of ketones is 1. The first-order chi connectivity index (χ1) is 8.25. The second kappa shape index (κ2) is 3.74. The second-order valence-electron chi connectivity index (χ2n) is 4.71. The maximum Gasteiger partial charge on any atom is 0.231 e. The lowest BCUT2D eigenvalue weighted by Crippen LogP contribution is -2.27. The predicted molar refractivity (Wildman–Crippen MR) is 62.5 cm³/mol. The largest absolute Gasteiger partial charge is 0.454 e. The Hall–Kier alpha value is -1.55. The maximum absolute atomic E-state index is 12.4. The van der Waals surface area contributed by atoms with Crippen LogP contribution in [0.1, 0.15) is 23.2 Å². The van der Waals surface area contributed by atoms with Crippen molar-refractivity contribution >= 4 is 5.78 Å². The van der Waals surface area contributed by atoms with Gasteiger partial charge in [0, 0.05) is 17.5 Å². The molecule has 1 aromatic carbocycles. The summed E-state index contributed by atoms with van der Waals surface area (Å²) in [6, 6.07) is 5.43.